The second-order valence-corrected chi connectivity index (χ2v) is 6.40. The van der Waals surface area contributed by atoms with Crippen LogP contribution in [0.25, 0.3) is 0 Å². The van der Waals surface area contributed by atoms with Crippen molar-refractivity contribution < 1.29 is 4.74 Å². The highest BCUT2D eigenvalue weighted by atomic mass is 79.9. The van der Waals surface area contributed by atoms with E-state index in [9.17, 15) is 0 Å². The standard InChI is InChI=1S/C14H17BrN2OS/c1-9(16)5-11-6-12(3-4-13(11)15)18-7-14-17-10(2)8-19-14/h3-4,6,8-9H,5,7,16H2,1-2H3. The third-order valence-corrected chi connectivity index (χ3v) is 4.30. The van der Waals surface area contributed by atoms with Gasteiger partial charge in [0.25, 0.3) is 0 Å². The highest BCUT2D eigenvalue weighted by Crippen LogP contribution is 2.24. The van der Waals surface area contributed by atoms with Gasteiger partial charge in [-0.05, 0) is 44.0 Å². The molecule has 0 amide bonds. The van der Waals surface area contributed by atoms with E-state index in [0.29, 0.717) is 6.61 Å². The van der Waals surface area contributed by atoms with Crippen molar-refractivity contribution >= 4 is 27.3 Å². The fourth-order valence-electron chi connectivity index (χ4n) is 1.76. The number of rotatable bonds is 5. The monoisotopic (exact) mass is 340 g/mol. The molecule has 2 aromatic rings. The van der Waals surface area contributed by atoms with E-state index in [1.54, 1.807) is 11.3 Å². The van der Waals surface area contributed by atoms with E-state index < -0.39 is 0 Å². The second kappa shape index (κ2) is 6.50. The molecule has 0 aliphatic heterocycles. The van der Waals surface area contributed by atoms with Gasteiger partial charge in [0.2, 0.25) is 0 Å². The first-order valence-corrected chi connectivity index (χ1v) is 7.79. The smallest absolute Gasteiger partial charge is 0.140 e. The lowest BCUT2D eigenvalue weighted by Gasteiger charge is -2.10. The van der Waals surface area contributed by atoms with Gasteiger partial charge in [0.1, 0.15) is 17.4 Å². The van der Waals surface area contributed by atoms with Crippen LogP contribution in [0.5, 0.6) is 5.75 Å². The topological polar surface area (TPSA) is 48.1 Å². The van der Waals surface area contributed by atoms with Crippen molar-refractivity contribution in [2.45, 2.75) is 32.9 Å². The first kappa shape index (κ1) is 14.5. The van der Waals surface area contributed by atoms with Crippen LogP contribution in [0.2, 0.25) is 0 Å². The molecule has 102 valence electrons. The maximum Gasteiger partial charge on any atom is 0.140 e. The predicted octanol–water partition coefficient (Wildman–Crippen LogP) is 3.68. The number of nitrogens with two attached hydrogens (primary N) is 1. The van der Waals surface area contributed by atoms with E-state index >= 15 is 0 Å². The molecule has 1 heterocycles. The van der Waals surface area contributed by atoms with Gasteiger partial charge in [-0.2, -0.15) is 0 Å². The molecule has 5 heteroatoms. The van der Waals surface area contributed by atoms with Gasteiger partial charge in [0.05, 0.1) is 0 Å². The number of hydrogen-bond donors (Lipinski definition) is 1. The minimum Gasteiger partial charge on any atom is -0.486 e. The summed E-state index contributed by atoms with van der Waals surface area (Å²) < 4.78 is 6.84. The largest absolute Gasteiger partial charge is 0.486 e. The maximum atomic E-state index is 5.84. The van der Waals surface area contributed by atoms with E-state index in [4.69, 9.17) is 10.5 Å². The number of aromatic nitrogens is 1. The number of nitrogens with zero attached hydrogens (tertiary/aromatic N) is 1. The Kier molecular flexibility index (Phi) is 4.96. The number of benzene rings is 1. The molecular weight excluding hydrogens is 324 g/mol. The molecule has 0 bridgehead atoms. The van der Waals surface area contributed by atoms with Crippen LogP contribution in [0, 0.1) is 6.92 Å². The highest BCUT2D eigenvalue weighted by molar-refractivity contribution is 9.10. The summed E-state index contributed by atoms with van der Waals surface area (Å²) in [6.07, 6.45) is 0.828. The zero-order chi connectivity index (χ0) is 13.8. The number of ether oxygens (including phenoxy) is 1. The van der Waals surface area contributed by atoms with Gasteiger partial charge in [-0.1, -0.05) is 15.9 Å². The lowest BCUT2D eigenvalue weighted by Crippen LogP contribution is -2.18. The molecule has 1 aromatic heterocycles. The predicted molar refractivity (Wildman–Crippen MR) is 82.7 cm³/mol. The molecule has 0 fully saturated rings. The first-order valence-electron chi connectivity index (χ1n) is 6.12. The summed E-state index contributed by atoms with van der Waals surface area (Å²) in [5, 5.41) is 3.02. The van der Waals surface area contributed by atoms with E-state index in [-0.39, 0.29) is 6.04 Å². The van der Waals surface area contributed by atoms with Crippen LogP contribution < -0.4 is 10.5 Å². The Morgan fingerprint density at radius 1 is 1.47 bits per heavy atom. The molecule has 0 saturated carbocycles. The Labute approximate surface area is 125 Å². The van der Waals surface area contributed by atoms with E-state index in [1.807, 2.05) is 37.4 Å². The van der Waals surface area contributed by atoms with Crippen molar-refractivity contribution in [3.05, 3.63) is 44.3 Å². The Hall–Kier alpha value is -0.910. The number of hydrogen-bond acceptors (Lipinski definition) is 4. The van der Waals surface area contributed by atoms with Crippen LogP contribution >= 0.6 is 27.3 Å². The summed E-state index contributed by atoms with van der Waals surface area (Å²) >= 11 is 5.16. The third-order valence-electron chi connectivity index (χ3n) is 2.59. The van der Waals surface area contributed by atoms with Crippen LogP contribution in [-0.2, 0) is 13.0 Å². The Morgan fingerprint density at radius 3 is 2.89 bits per heavy atom. The third kappa shape index (κ3) is 4.30. The quantitative estimate of drug-likeness (QED) is 0.902. The molecule has 1 atom stereocenters. The summed E-state index contributed by atoms with van der Waals surface area (Å²) in [7, 11) is 0. The van der Waals surface area contributed by atoms with Gasteiger partial charge >= 0.3 is 0 Å². The summed E-state index contributed by atoms with van der Waals surface area (Å²) in [5.41, 5.74) is 8.05. The van der Waals surface area contributed by atoms with Gasteiger partial charge in [-0.3, -0.25) is 0 Å². The summed E-state index contributed by atoms with van der Waals surface area (Å²) in [5.74, 6) is 0.853. The molecular formula is C14H17BrN2OS. The zero-order valence-corrected chi connectivity index (χ0v) is 13.4. The molecule has 0 spiro atoms. The first-order chi connectivity index (χ1) is 9.04. The van der Waals surface area contributed by atoms with Crippen LogP contribution in [0.15, 0.2) is 28.1 Å². The molecule has 3 nitrogen and oxygen atoms in total. The van der Waals surface area contributed by atoms with E-state index in [2.05, 4.69) is 20.9 Å². The minimum absolute atomic E-state index is 0.133. The van der Waals surface area contributed by atoms with Gasteiger partial charge in [0, 0.05) is 21.6 Å². The second-order valence-electron chi connectivity index (χ2n) is 4.61. The Morgan fingerprint density at radius 2 is 2.26 bits per heavy atom. The lowest BCUT2D eigenvalue weighted by atomic mass is 10.1. The van der Waals surface area contributed by atoms with Crippen molar-refractivity contribution in [3.63, 3.8) is 0 Å². The van der Waals surface area contributed by atoms with Crippen molar-refractivity contribution in [1.29, 1.82) is 0 Å². The molecule has 0 saturated heterocycles. The van der Waals surface area contributed by atoms with Gasteiger partial charge in [0.15, 0.2) is 0 Å². The molecule has 1 aromatic carbocycles. The lowest BCUT2D eigenvalue weighted by molar-refractivity contribution is 0.305. The van der Waals surface area contributed by atoms with Crippen LogP contribution in [0.4, 0.5) is 0 Å². The highest BCUT2D eigenvalue weighted by Gasteiger charge is 2.06. The SMILES string of the molecule is Cc1csc(COc2ccc(Br)c(CC(C)N)c2)n1. The van der Waals surface area contributed by atoms with Crippen LogP contribution in [0.1, 0.15) is 23.2 Å². The van der Waals surface area contributed by atoms with E-state index in [1.165, 1.54) is 5.56 Å². The fourth-order valence-corrected chi connectivity index (χ4v) is 2.85. The van der Waals surface area contributed by atoms with Crippen molar-refractivity contribution in [1.82, 2.24) is 4.98 Å². The molecule has 0 radical (unpaired) electrons. The van der Waals surface area contributed by atoms with Gasteiger partial charge < -0.3 is 10.5 Å². The van der Waals surface area contributed by atoms with Gasteiger partial charge in [-0.15, -0.1) is 11.3 Å². The van der Waals surface area contributed by atoms with Gasteiger partial charge in [-0.25, -0.2) is 4.98 Å². The Bertz CT molecular complexity index is 554. The van der Waals surface area contributed by atoms with Crippen LogP contribution in [0.3, 0.4) is 0 Å². The van der Waals surface area contributed by atoms with E-state index in [0.717, 1.165) is 27.3 Å². The summed E-state index contributed by atoms with van der Waals surface area (Å²) in [6, 6.07) is 6.12. The number of aryl methyl sites for hydroxylation is 1. The van der Waals surface area contributed by atoms with Crippen molar-refractivity contribution in [3.8, 4) is 5.75 Å². The molecule has 2 N–H and O–H groups in total. The molecule has 1 unspecified atom stereocenters. The molecule has 0 aliphatic carbocycles. The number of thiazole rings is 1. The van der Waals surface area contributed by atoms with Crippen molar-refractivity contribution in [2.75, 3.05) is 0 Å². The zero-order valence-electron chi connectivity index (χ0n) is 11.0. The normalized spacial score (nSPS) is 12.4. The fraction of sp³-hybridized carbons (Fsp3) is 0.357. The average molecular weight is 341 g/mol. The molecule has 19 heavy (non-hydrogen) atoms. The molecule has 2 rings (SSSR count). The Balaban J connectivity index is 2.04. The molecule has 0 aliphatic rings. The van der Waals surface area contributed by atoms with Crippen LogP contribution in [-0.4, -0.2) is 11.0 Å². The number of halogens is 1. The maximum absolute atomic E-state index is 5.84. The summed E-state index contributed by atoms with van der Waals surface area (Å²) in [4.78, 5) is 4.38. The van der Waals surface area contributed by atoms with Crippen molar-refractivity contribution in [2.24, 2.45) is 5.73 Å². The average Bonchev–Trinajstić information content (AvgIpc) is 2.75. The minimum atomic E-state index is 0.133. The summed E-state index contributed by atoms with van der Waals surface area (Å²) in [6.45, 7) is 4.50.